The Morgan fingerprint density at radius 3 is 2.69 bits per heavy atom. The fourth-order valence-electron chi connectivity index (χ4n) is 1.97. The lowest BCUT2D eigenvalue weighted by Gasteiger charge is -2.26. The van der Waals surface area contributed by atoms with E-state index in [-0.39, 0.29) is 6.10 Å². The number of rotatable bonds is 2. The molecule has 0 unspecified atom stereocenters. The fraction of sp³-hybridized carbons (Fsp3) is 0.545. The van der Waals surface area contributed by atoms with Gasteiger partial charge in [0.25, 0.3) is 0 Å². The number of halogens is 1. The van der Waals surface area contributed by atoms with Crippen LogP contribution in [0.2, 0.25) is 0 Å². The van der Waals surface area contributed by atoms with Crippen LogP contribution in [0.5, 0.6) is 0 Å². The topological polar surface area (TPSA) is 71.2 Å². The number of hydrogen-bond donors (Lipinski definition) is 3. The van der Waals surface area contributed by atoms with Crippen LogP contribution in [-0.4, -0.2) is 22.2 Å². The number of aromatic nitrogens is 1. The highest BCUT2D eigenvalue weighted by molar-refractivity contribution is 9.10. The van der Waals surface area contributed by atoms with Crippen molar-refractivity contribution in [3.63, 3.8) is 0 Å². The van der Waals surface area contributed by atoms with Crippen molar-refractivity contribution in [2.24, 2.45) is 0 Å². The second-order valence-corrected chi connectivity index (χ2v) is 5.10. The minimum absolute atomic E-state index is 0.124. The van der Waals surface area contributed by atoms with Gasteiger partial charge < -0.3 is 16.2 Å². The largest absolute Gasteiger partial charge is 0.397 e. The molecule has 0 atom stereocenters. The monoisotopic (exact) mass is 285 g/mol. The van der Waals surface area contributed by atoms with Crippen molar-refractivity contribution in [1.29, 1.82) is 0 Å². The molecule has 0 saturated heterocycles. The first-order valence-corrected chi connectivity index (χ1v) is 6.30. The number of pyridine rings is 1. The summed E-state index contributed by atoms with van der Waals surface area (Å²) in [6, 6.07) is 2.24. The zero-order valence-corrected chi connectivity index (χ0v) is 10.6. The number of nitrogens with two attached hydrogens (primary N) is 1. The van der Waals surface area contributed by atoms with Gasteiger partial charge in [0.1, 0.15) is 5.82 Å². The molecular weight excluding hydrogens is 270 g/mol. The molecule has 0 spiro atoms. The van der Waals surface area contributed by atoms with Gasteiger partial charge in [-0.25, -0.2) is 4.98 Å². The summed E-state index contributed by atoms with van der Waals surface area (Å²) < 4.78 is 0.888. The summed E-state index contributed by atoms with van der Waals surface area (Å²) in [6.07, 6.45) is 5.22. The summed E-state index contributed by atoms with van der Waals surface area (Å²) in [6.45, 7) is 0. The summed E-state index contributed by atoms with van der Waals surface area (Å²) in [5, 5.41) is 12.8. The van der Waals surface area contributed by atoms with Crippen LogP contribution in [0, 0.1) is 0 Å². The molecule has 16 heavy (non-hydrogen) atoms. The van der Waals surface area contributed by atoms with Crippen molar-refractivity contribution in [1.82, 2.24) is 4.98 Å². The van der Waals surface area contributed by atoms with Crippen LogP contribution in [0.15, 0.2) is 16.7 Å². The highest BCUT2D eigenvalue weighted by atomic mass is 79.9. The van der Waals surface area contributed by atoms with Gasteiger partial charge in [0, 0.05) is 6.04 Å². The molecule has 1 aliphatic carbocycles. The van der Waals surface area contributed by atoms with E-state index >= 15 is 0 Å². The molecule has 0 radical (unpaired) electrons. The number of hydrogen-bond acceptors (Lipinski definition) is 4. The van der Waals surface area contributed by atoms with E-state index in [9.17, 15) is 5.11 Å². The Morgan fingerprint density at radius 1 is 1.38 bits per heavy atom. The molecule has 4 nitrogen and oxygen atoms in total. The van der Waals surface area contributed by atoms with E-state index in [4.69, 9.17) is 5.73 Å². The maximum Gasteiger partial charge on any atom is 0.140 e. The Labute approximate surface area is 103 Å². The zero-order valence-electron chi connectivity index (χ0n) is 8.99. The Balaban J connectivity index is 1.98. The highest BCUT2D eigenvalue weighted by Gasteiger charge is 2.19. The van der Waals surface area contributed by atoms with Crippen molar-refractivity contribution in [2.45, 2.75) is 37.8 Å². The molecule has 0 amide bonds. The van der Waals surface area contributed by atoms with Crippen molar-refractivity contribution >= 4 is 27.4 Å². The van der Waals surface area contributed by atoms with Crippen LogP contribution in [-0.2, 0) is 0 Å². The molecule has 0 bridgehead atoms. The van der Waals surface area contributed by atoms with Gasteiger partial charge in [-0.1, -0.05) is 0 Å². The third kappa shape index (κ3) is 2.86. The van der Waals surface area contributed by atoms with Crippen LogP contribution >= 0.6 is 15.9 Å². The van der Waals surface area contributed by atoms with E-state index < -0.39 is 0 Å². The van der Waals surface area contributed by atoms with Crippen LogP contribution in [0.4, 0.5) is 11.5 Å². The molecule has 0 aliphatic heterocycles. The predicted molar refractivity (Wildman–Crippen MR) is 68.2 cm³/mol. The number of nitrogens with one attached hydrogen (secondary N) is 1. The van der Waals surface area contributed by atoms with Gasteiger partial charge in [-0.15, -0.1) is 0 Å². The summed E-state index contributed by atoms with van der Waals surface area (Å²) in [5.41, 5.74) is 6.28. The summed E-state index contributed by atoms with van der Waals surface area (Å²) in [5.74, 6) is 0.829. The molecule has 1 aromatic rings. The van der Waals surface area contributed by atoms with Crippen LogP contribution in [0.3, 0.4) is 0 Å². The average molecular weight is 286 g/mol. The van der Waals surface area contributed by atoms with Gasteiger partial charge in [-0.3, -0.25) is 0 Å². The van der Waals surface area contributed by atoms with Crippen LogP contribution < -0.4 is 11.1 Å². The first-order valence-electron chi connectivity index (χ1n) is 5.51. The summed E-state index contributed by atoms with van der Waals surface area (Å²) in [4.78, 5) is 4.25. The van der Waals surface area contributed by atoms with Crippen molar-refractivity contribution in [2.75, 3.05) is 11.1 Å². The molecule has 2 rings (SSSR count). The van der Waals surface area contributed by atoms with Crippen LogP contribution in [0.25, 0.3) is 0 Å². The van der Waals surface area contributed by atoms with Crippen molar-refractivity contribution in [3.05, 3.63) is 16.7 Å². The van der Waals surface area contributed by atoms with Crippen LogP contribution in [0.1, 0.15) is 25.7 Å². The van der Waals surface area contributed by atoms with Gasteiger partial charge in [0.2, 0.25) is 0 Å². The molecule has 1 heterocycles. The van der Waals surface area contributed by atoms with E-state index in [0.29, 0.717) is 11.7 Å². The second-order valence-electron chi connectivity index (χ2n) is 4.25. The number of nitrogens with zero attached hydrogens (tertiary/aromatic N) is 1. The quantitative estimate of drug-likeness (QED) is 0.779. The van der Waals surface area contributed by atoms with Crippen molar-refractivity contribution in [3.8, 4) is 0 Å². The standard InChI is InChI=1S/C11H16BrN3O/c12-10-5-7(13)6-14-11(10)15-8-1-3-9(16)4-2-8/h5-6,8-9,16H,1-4,13H2,(H,14,15). The first kappa shape index (κ1) is 11.7. The Kier molecular flexibility index (Phi) is 3.66. The van der Waals surface area contributed by atoms with E-state index in [2.05, 4.69) is 26.2 Å². The minimum atomic E-state index is -0.124. The normalized spacial score (nSPS) is 25.4. The van der Waals surface area contributed by atoms with E-state index in [0.717, 1.165) is 36.0 Å². The molecule has 0 aromatic carbocycles. The fourth-order valence-corrected chi connectivity index (χ4v) is 2.45. The Morgan fingerprint density at radius 2 is 2.06 bits per heavy atom. The summed E-state index contributed by atoms with van der Waals surface area (Å²) in [7, 11) is 0. The Hall–Kier alpha value is -0.810. The van der Waals surface area contributed by atoms with Gasteiger partial charge >= 0.3 is 0 Å². The molecule has 88 valence electrons. The first-order chi connectivity index (χ1) is 7.65. The number of aliphatic hydroxyl groups is 1. The van der Waals surface area contributed by atoms with Gasteiger partial charge in [0.05, 0.1) is 22.5 Å². The number of aliphatic hydroxyl groups excluding tert-OH is 1. The second kappa shape index (κ2) is 5.01. The van der Waals surface area contributed by atoms with E-state index in [1.807, 2.05) is 6.07 Å². The lowest BCUT2D eigenvalue weighted by molar-refractivity contribution is 0.126. The third-order valence-corrected chi connectivity index (χ3v) is 3.50. The molecule has 5 heteroatoms. The lowest BCUT2D eigenvalue weighted by atomic mass is 9.93. The van der Waals surface area contributed by atoms with Gasteiger partial charge in [-0.05, 0) is 47.7 Å². The van der Waals surface area contributed by atoms with Gasteiger partial charge in [0.15, 0.2) is 0 Å². The minimum Gasteiger partial charge on any atom is -0.397 e. The number of nitrogen functional groups attached to an aromatic ring is 1. The van der Waals surface area contributed by atoms with E-state index in [1.54, 1.807) is 6.20 Å². The smallest absolute Gasteiger partial charge is 0.140 e. The molecule has 1 fully saturated rings. The average Bonchev–Trinajstić information content (AvgIpc) is 2.25. The van der Waals surface area contributed by atoms with Crippen molar-refractivity contribution < 1.29 is 5.11 Å². The lowest BCUT2D eigenvalue weighted by Crippen LogP contribution is -2.28. The molecule has 4 N–H and O–H groups in total. The SMILES string of the molecule is Nc1cnc(NC2CCC(O)CC2)c(Br)c1. The van der Waals surface area contributed by atoms with Gasteiger partial charge in [-0.2, -0.15) is 0 Å². The highest BCUT2D eigenvalue weighted by Crippen LogP contribution is 2.26. The molecule has 1 saturated carbocycles. The summed E-state index contributed by atoms with van der Waals surface area (Å²) >= 11 is 3.43. The predicted octanol–water partition coefficient (Wildman–Crippen LogP) is 2.14. The zero-order chi connectivity index (χ0) is 11.5. The molecule has 1 aliphatic rings. The maximum atomic E-state index is 9.41. The molecular formula is C11H16BrN3O. The Bertz CT molecular complexity index is 364. The maximum absolute atomic E-state index is 9.41. The van der Waals surface area contributed by atoms with E-state index in [1.165, 1.54) is 0 Å². The number of anilines is 2. The molecule has 1 aromatic heterocycles. The third-order valence-electron chi connectivity index (χ3n) is 2.90.